The van der Waals surface area contributed by atoms with E-state index < -0.39 is 11.9 Å². The number of nitrogens with one attached hydrogen (secondary N) is 1. The van der Waals surface area contributed by atoms with Gasteiger partial charge in [-0.3, -0.25) is 4.79 Å². The number of benzene rings is 2. The van der Waals surface area contributed by atoms with Gasteiger partial charge in [0, 0.05) is 5.69 Å². The Kier molecular flexibility index (Phi) is 8.72. The van der Waals surface area contributed by atoms with Crippen molar-refractivity contribution in [2.45, 2.75) is 20.3 Å². The molecule has 0 aromatic heterocycles. The lowest BCUT2D eigenvalue weighted by Gasteiger charge is -2.10. The van der Waals surface area contributed by atoms with E-state index in [-0.39, 0.29) is 34.6 Å². The summed E-state index contributed by atoms with van der Waals surface area (Å²) in [5.41, 5.74) is 2.03. The van der Waals surface area contributed by atoms with E-state index in [9.17, 15) is 14.9 Å². The fraction of sp³-hybridized carbons (Fsp3) is 0.227. The van der Waals surface area contributed by atoms with Gasteiger partial charge in [-0.2, -0.15) is 5.26 Å². The fourth-order valence-corrected chi connectivity index (χ4v) is 3.08. The molecule has 2 aromatic carbocycles. The van der Waals surface area contributed by atoms with Crippen molar-refractivity contribution >= 4 is 46.8 Å². The van der Waals surface area contributed by atoms with Crippen LogP contribution in [0.1, 0.15) is 25.0 Å². The number of halogens is 2. The molecular formula is C22H20Cl2N2O4. The topological polar surface area (TPSA) is 88.4 Å². The number of hydrogen-bond acceptors (Lipinski definition) is 5. The molecule has 0 aliphatic heterocycles. The molecule has 30 heavy (non-hydrogen) atoms. The number of carbonyl (C=O) groups excluding carboxylic acids is 2. The monoisotopic (exact) mass is 446 g/mol. The zero-order valence-electron chi connectivity index (χ0n) is 16.5. The maximum atomic E-state index is 12.4. The van der Waals surface area contributed by atoms with Crippen LogP contribution in [0.15, 0.2) is 42.0 Å². The normalized spacial score (nSPS) is 10.8. The number of rotatable bonds is 8. The summed E-state index contributed by atoms with van der Waals surface area (Å²) >= 11 is 12.4. The minimum atomic E-state index is -0.559. The number of aryl methyl sites for hydroxylation is 1. The number of esters is 1. The lowest BCUT2D eigenvalue weighted by atomic mass is 10.1. The highest BCUT2D eigenvalue weighted by Crippen LogP contribution is 2.35. The molecule has 0 unspecified atom stereocenters. The summed E-state index contributed by atoms with van der Waals surface area (Å²) < 4.78 is 10.1. The van der Waals surface area contributed by atoms with Crippen molar-refractivity contribution < 1.29 is 19.1 Å². The van der Waals surface area contributed by atoms with E-state index in [1.165, 1.54) is 18.2 Å². The third-order valence-electron chi connectivity index (χ3n) is 3.96. The zero-order valence-corrected chi connectivity index (χ0v) is 18.0. The molecule has 0 fully saturated rings. The molecule has 1 amide bonds. The summed E-state index contributed by atoms with van der Waals surface area (Å²) in [6.07, 6.45) is 2.25. The highest BCUT2D eigenvalue weighted by Gasteiger charge is 2.14. The molecule has 0 radical (unpaired) electrons. The summed E-state index contributed by atoms with van der Waals surface area (Å²) in [5.74, 6) is -0.997. The molecule has 156 valence electrons. The molecule has 2 aromatic rings. The second kappa shape index (κ2) is 11.2. The second-order valence-corrected chi connectivity index (χ2v) is 6.90. The number of carbonyl (C=O) groups is 2. The van der Waals surface area contributed by atoms with Gasteiger partial charge in [-0.25, -0.2) is 4.79 Å². The Labute approximate surface area is 185 Å². The number of hydrogen-bond donors (Lipinski definition) is 1. The van der Waals surface area contributed by atoms with Gasteiger partial charge in [0.05, 0.1) is 16.7 Å². The molecule has 0 aliphatic rings. The third-order valence-corrected chi connectivity index (χ3v) is 4.52. The van der Waals surface area contributed by atoms with Crippen LogP contribution < -0.4 is 10.1 Å². The van der Waals surface area contributed by atoms with E-state index in [0.29, 0.717) is 11.3 Å². The van der Waals surface area contributed by atoms with Crippen molar-refractivity contribution in [3.8, 4) is 11.8 Å². The van der Waals surface area contributed by atoms with Crippen molar-refractivity contribution in [2.75, 3.05) is 18.5 Å². The van der Waals surface area contributed by atoms with Gasteiger partial charge in [0.1, 0.15) is 11.6 Å². The van der Waals surface area contributed by atoms with E-state index in [2.05, 4.69) is 5.32 Å². The first kappa shape index (κ1) is 23.3. The molecule has 0 spiro atoms. The first-order chi connectivity index (χ1) is 14.4. The number of nitrogens with zero attached hydrogens (tertiary/aromatic N) is 1. The smallest absolute Gasteiger partial charge is 0.344 e. The average molecular weight is 447 g/mol. The number of amides is 1. The predicted molar refractivity (Wildman–Crippen MR) is 117 cm³/mol. The summed E-state index contributed by atoms with van der Waals surface area (Å²) in [6.45, 7) is 3.61. The van der Waals surface area contributed by atoms with Crippen LogP contribution in [-0.4, -0.2) is 25.1 Å². The van der Waals surface area contributed by atoms with Crippen molar-refractivity contribution in [3.05, 3.63) is 63.1 Å². The number of anilines is 1. The molecule has 6 nitrogen and oxygen atoms in total. The number of nitriles is 1. The summed E-state index contributed by atoms with van der Waals surface area (Å²) in [4.78, 5) is 23.9. The summed E-state index contributed by atoms with van der Waals surface area (Å²) in [5, 5.41) is 12.3. The van der Waals surface area contributed by atoms with Gasteiger partial charge in [-0.05, 0) is 54.8 Å². The van der Waals surface area contributed by atoms with Crippen molar-refractivity contribution in [3.63, 3.8) is 0 Å². The Balaban J connectivity index is 2.17. The SMILES string of the molecule is CCOC(=O)COc1c(Cl)cc(/C=C(\C#N)C(=O)Nc2ccc(CC)cc2)cc1Cl. The zero-order chi connectivity index (χ0) is 22.1. The molecular weight excluding hydrogens is 427 g/mol. The molecule has 1 N–H and O–H groups in total. The van der Waals surface area contributed by atoms with Gasteiger partial charge in [0.15, 0.2) is 12.4 Å². The molecule has 2 rings (SSSR count). The standard InChI is InChI=1S/C22H20Cl2N2O4/c1-3-14-5-7-17(8-6-14)26-22(28)16(12-25)9-15-10-18(23)21(19(24)11-15)30-13-20(27)29-4-2/h5-11H,3-4,13H2,1-2H3,(H,26,28)/b16-9+. The molecule has 0 bridgehead atoms. The summed E-state index contributed by atoms with van der Waals surface area (Å²) in [7, 11) is 0. The second-order valence-electron chi connectivity index (χ2n) is 6.08. The Morgan fingerprint density at radius 1 is 1.13 bits per heavy atom. The van der Waals surface area contributed by atoms with Crippen LogP contribution in [0.3, 0.4) is 0 Å². The quantitative estimate of drug-likeness (QED) is 0.348. The van der Waals surface area contributed by atoms with Crippen LogP contribution in [0.25, 0.3) is 6.08 Å². The Hall–Kier alpha value is -3.01. The van der Waals surface area contributed by atoms with Crippen LogP contribution >= 0.6 is 23.2 Å². The molecule has 0 heterocycles. The lowest BCUT2D eigenvalue weighted by molar-refractivity contribution is -0.145. The average Bonchev–Trinajstić information content (AvgIpc) is 2.72. The van der Waals surface area contributed by atoms with Crippen LogP contribution in [0.5, 0.6) is 5.75 Å². The van der Waals surface area contributed by atoms with Crippen LogP contribution in [0, 0.1) is 11.3 Å². The highest BCUT2D eigenvalue weighted by atomic mass is 35.5. The van der Waals surface area contributed by atoms with Gasteiger partial charge < -0.3 is 14.8 Å². The first-order valence-corrected chi connectivity index (χ1v) is 9.93. The first-order valence-electron chi connectivity index (χ1n) is 9.17. The Morgan fingerprint density at radius 2 is 1.77 bits per heavy atom. The predicted octanol–water partition coefficient (Wildman–Crippen LogP) is 5.04. The van der Waals surface area contributed by atoms with Crippen molar-refractivity contribution in [2.24, 2.45) is 0 Å². The van der Waals surface area contributed by atoms with Crippen molar-refractivity contribution in [1.82, 2.24) is 0 Å². The van der Waals surface area contributed by atoms with Gasteiger partial charge in [0.25, 0.3) is 5.91 Å². The van der Waals surface area contributed by atoms with Crippen LogP contribution in [0.4, 0.5) is 5.69 Å². The van der Waals surface area contributed by atoms with Crippen LogP contribution in [0.2, 0.25) is 10.0 Å². The largest absolute Gasteiger partial charge is 0.479 e. The van der Waals surface area contributed by atoms with Gasteiger partial charge in [0.2, 0.25) is 0 Å². The Morgan fingerprint density at radius 3 is 2.30 bits per heavy atom. The van der Waals surface area contributed by atoms with Gasteiger partial charge >= 0.3 is 5.97 Å². The molecule has 0 atom stereocenters. The third kappa shape index (κ3) is 6.51. The minimum Gasteiger partial charge on any atom is -0.479 e. The van der Waals surface area contributed by atoms with E-state index >= 15 is 0 Å². The molecule has 0 saturated carbocycles. The minimum absolute atomic E-state index is 0.113. The fourth-order valence-electron chi connectivity index (χ4n) is 2.47. The lowest BCUT2D eigenvalue weighted by Crippen LogP contribution is -2.15. The molecule has 0 saturated heterocycles. The van der Waals surface area contributed by atoms with E-state index in [1.54, 1.807) is 19.1 Å². The van der Waals surface area contributed by atoms with E-state index in [0.717, 1.165) is 12.0 Å². The van der Waals surface area contributed by atoms with E-state index in [4.69, 9.17) is 32.7 Å². The van der Waals surface area contributed by atoms with Crippen LogP contribution in [-0.2, 0) is 20.7 Å². The highest BCUT2D eigenvalue weighted by molar-refractivity contribution is 6.37. The Bertz CT molecular complexity index is 972. The number of ether oxygens (including phenoxy) is 2. The molecule has 8 heteroatoms. The van der Waals surface area contributed by atoms with E-state index in [1.807, 2.05) is 25.1 Å². The maximum absolute atomic E-state index is 12.4. The van der Waals surface area contributed by atoms with Crippen molar-refractivity contribution in [1.29, 1.82) is 5.26 Å². The van der Waals surface area contributed by atoms with Gasteiger partial charge in [-0.1, -0.05) is 42.3 Å². The molecule has 0 aliphatic carbocycles. The van der Waals surface area contributed by atoms with Gasteiger partial charge in [-0.15, -0.1) is 0 Å². The maximum Gasteiger partial charge on any atom is 0.344 e. The summed E-state index contributed by atoms with van der Waals surface area (Å²) in [6, 6.07) is 12.2.